The summed E-state index contributed by atoms with van der Waals surface area (Å²) in [6.07, 6.45) is 4.50. The predicted molar refractivity (Wildman–Crippen MR) is 129 cm³/mol. The monoisotopic (exact) mass is 500 g/mol. The maximum Gasteiger partial charge on any atom is 0.282 e. The smallest absolute Gasteiger partial charge is 0.282 e. The second-order valence-electron chi connectivity index (χ2n) is 7.47. The van der Waals surface area contributed by atoms with Crippen LogP contribution in [-0.4, -0.2) is 26.9 Å². The molecule has 9 heteroatoms. The average Bonchev–Trinajstić information content (AvgIpc) is 2.78. The van der Waals surface area contributed by atoms with Gasteiger partial charge in [-0.05, 0) is 44.0 Å². The van der Waals surface area contributed by atoms with Crippen LogP contribution < -0.4 is 10.3 Å². The topological polar surface area (TPSA) is 99.6 Å². The quantitative estimate of drug-likeness (QED) is 0.220. The zero-order chi connectivity index (χ0) is 23.3. The molecule has 0 saturated carbocycles. The van der Waals surface area contributed by atoms with Crippen molar-refractivity contribution in [2.75, 3.05) is 0 Å². The molecule has 0 N–H and O–H groups in total. The summed E-state index contributed by atoms with van der Waals surface area (Å²) in [5, 5.41) is 16.1. The second kappa shape index (κ2) is 10.5. The summed E-state index contributed by atoms with van der Waals surface area (Å²) in [7, 11) is 0. The number of halogens is 1. The highest BCUT2D eigenvalue weighted by molar-refractivity contribution is 9.10. The molecule has 0 bridgehead atoms. The molecule has 0 aliphatic heterocycles. The molecule has 0 saturated heterocycles. The number of unbranched alkanes of at least 4 members (excludes halogenated alkanes) is 1. The predicted octanol–water partition coefficient (Wildman–Crippen LogP) is 5.47. The van der Waals surface area contributed by atoms with Gasteiger partial charge < -0.3 is 4.74 Å². The highest BCUT2D eigenvalue weighted by Crippen LogP contribution is 2.24. The van der Waals surface area contributed by atoms with Gasteiger partial charge >= 0.3 is 0 Å². The van der Waals surface area contributed by atoms with Crippen LogP contribution in [0.3, 0.4) is 0 Å². The number of hydrogen-bond donors (Lipinski definition) is 0. The van der Waals surface area contributed by atoms with Crippen LogP contribution in [0.25, 0.3) is 10.9 Å². The summed E-state index contributed by atoms with van der Waals surface area (Å²) in [5.74, 6) is 1.01. The van der Waals surface area contributed by atoms with Crippen molar-refractivity contribution in [3.63, 3.8) is 0 Å². The Bertz CT molecular complexity index is 1220. The molecule has 168 valence electrons. The summed E-state index contributed by atoms with van der Waals surface area (Å²) < 4.78 is 7.95. The summed E-state index contributed by atoms with van der Waals surface area (Å²) in [5.41, 5.74) is 0.643. The minimum absolute atomic E-state index is 0.0777. The van der Waals surface area contributed by atoms with Crippen LogP contribution >= 0.6 is 15.9 Å². The van der Waals surface area contributed by atoms with Crippen molar-refractivity contribution in [1.29, 1.82) is 0 Å². The van der Waals surface area contributed by atoms with Gasteiger partial charge in [0.15, 0.2) is 0 Å². The third-order valence-corrected chi connectivity index (χ3v) is 5.54. The number of ether oxygens (including phenoxy) is 1. The van der Waals surface area contributed by atoms with E-state index in [-0.39, 0.29) is 17.4 Å². The molecule has 0 aliphatic carbocycles. The van der Waals surface area contributed by atoms with Crippen LogP contribution in [0.5, 0.6) is 5.75 Å². The third kappa shape index (κ3) is 5.40. The molecule has 0 spiro atoms. The van der Waals surface area contributed by atoms with E-state index in [1.54, 1.807) is 18.2 Å². The summed E-state index contributed by atoms with van der Waals surface area (Å²) in [6, 6.07) is 9.69. The summed E-state index contributed by atoms with van der Waals surface area (Å²) in [6.45, 7) is 5.97. The van der Waals surface area contributed by atoms with E-state index in [9.17, 15) is 14.9 Å². The highest BCUT2D eigenvalue weighted by Gasteiger charge is 2.14. The molecule has 0 radical (unpaired) electrons. The Hall–Kier alpha value is -3.07. The minimum Gasteiger partial charge on any atom is -0.490 e. The summed E-state index contributed by atoms with van der Waals surface area (Å²) in [4.78, 5) is 28.7. The zero-order valence-corrected chi connectivity index (χ0v) is 19.8. The van der Waals surface area contributed by atoms with Crippen molar-refractivity contribution in [3.05, 3.63) is 72.7 Å². The number of nitro groups is 1. The van der Waals surface area contributed by atoms with E-state index in [4.69, 9.17) is 4.74 Å². The van der Waals surface area contributed by atoms with Gasteiger partial charge in [0.1, 0.15) is 11.6 Å². The number of nitrogens with zero attached hydrogens (tertiary/aromatic N) is 4. The van der Waals surface area contributed by atoms with Crippen LogP contribution in [0.2, 0.25) is 0 Å². The van der Waals surface area contributed by atoms with Crippen molar-refractivity contribution < 1.29 is 9.66 Å². The Labute approximate surface area is 194 Å². The van der Waals surface area contributed by atoms with Crippen LogP contribution in [0.15, 0.2) is 50.8 Å². The molecule has 8 nitrogen and oxygen atoms in total. The van der Waals surface area contributed by atoms with Gasteiger partial charge in [-0.1, -0.05) is 36.2 Å². The van der Waals surface area contributed by atoms with Gasteiger partial charge in [0, 0.05) is 28.6 Å². The number of non-ortho nitro benzene ring substituents is 1. The Morgan fingerprint density at radius 1 is 1.28 bits per heavy atom. The van der Waals surface area contributed by atoms with Gasteiger partial charge in [-0.3, -0.25) is 14.9 Å². The standard InChI is InChI=1S/C23H25BrN4O4/c1-4-6-7-22-26-20-10-8-17(24)13-19(20)23(29)27(22)25-14-16-12-18(28(30)31)9-11-21(16)32-15(3)5-2/h8-15H,4-7H2,1-3H3/t15-/m1/s1. The normalized spacial score (nSPS) is 12.4. The fraction of sp³-hybridized carbons (Fsp3) is 0.348. The largest absolute Gasteiger partial charge is 0.490 e. The maximum atomic E-state index is 13.2. The van der Waals surface area contributed by atoms with Gasteiger partial charge in [0.25, 0.3) is 11.2 Å². The van der Waals surface area contributed by atoms with Gasteiger partial charge in [0.05, 0.1) is 28.1 Å². The third-order valence-electron chi connectivity index (χ3n) is 5.05. The molecule has 0 unspecified atom stereocenters. The molecule has 1 aromatic heterocycles. The lowest BCUT2D eigenvalue weighted by molar-refractivity contribution is -0.384. The lowest BCUT2D eigenvalue weighted by Gasteiger charge is -2.14. The lowest BCUT2D eigenvalue weighted by atomic mass is 10.2. The van der Waals surface area contributed by atoms with Gasteiger partial charge in [-0.15, -0.1) is 0 Å². The van der Waals surface area contributed by atoms with E-state index in [1.165, 1.54) is 23.0 Å². The number of rotatable bonds is 9. The first-order valence-electron chi connectivity index (χ1n) is 10.5. The van der Waals surface area contributed by atoms with E-state index < -0.39 is 4.92 Å². The number of hydrogen-bond acceptors (Lipinski definition) is 6. The molecular weight excluding hydrogens is 476 g/mol. The van der Waals surface area contributed by atoms with Crippen LogP contribution in [0, 0.1) is 10.1 Å². The molecule has 1 heterocycles. The van der Waals surface area contributed by atoms with E-state index in [0.717, 1.165) is 23.7 Å². The van der Waals surface area contributed by atoms with E-state index >= 15 is 0 Å². The average molecular weight is 501 g/mol. The van der Waals surface area contributed by atoms with E-state index in [2.05, 4.69) is 32.9 Å². The molecule has 0 aliphatic rings. The van der Waals surface area contributed by atoms with Gasteiger partial charge in [0.2, 0.25) is 0 Å². The van der Waals surface area contributed by atoms with Crippen molar-refractivity contribution in [2.45, 2.75) is 52.6 Å². The molecule has 32 heavy (non-hydrogen) atoms. The van der Waals surface area contributed by atoms with Gasteiger partial charge in [-0.2, -0.15) is 9.78 Å². The van der Waals surface area contributed by atoms with E-state index in [1.807, 2.05) is 19.9 Å². The molecule has 2 aromatic carbocycles. The van der Waals surface area contributed by atoms with Crippen molar-refractivity contribution in [2.24, 2.45) is 5.10 Å². The van der Waals surface area contributed by atoms with Crippen LogP contribution in [0.4, 0.5) is 5.69 Å². The number of nitro benzene ring substituents is 1. The Morgan fingerprint density at radius 3 is 2.75 bits per heavy atom. The number of fused-ring (bicyclic) bond motifs is 1. The fourth-order valence-corrected chi connectivity index (χ4v) is 3.45. The highest BCUT2D eigenvalue weighted by atomic mass is 79.9. The Balaban J connectivity index is 2.14. The summed E-state index contributed by atoms with van der Waals surface area (Å²) >= 11 is 3.39. The maximum absolute atomic E-state index is 13.2. The van der Waals surface area contributed by atoms with Crippen molar-refractivity contribution in [3.8, 4) is 5.75 Å². The first kappa shape index (κ1) is 23.6. The van der Waals surface area contributed by atoms with E-state index in [0.29, 0.717) is 34.5 Å². The van der Waals surface area contributed by atoms with Crippen LogP contribution in [-0.2, 0) is 6.42 Å². The minimum atomic E-state index is -0.474. The molecule has 0 fully saturated rings. The molecule has 0 amide bonds. The first-order chi connectivity index (χ1) is 15.3. The Morgan fingerprint density at radius 2 is 2.06 bits per heavy atom. The van der Waals surface area contributed by atoms with Crippen molar-refractivity contribution >= 4 is 38.7 Å². The first-order valence-corrected chi connectivity index (χ1v) is 11.3. The van der Waals surface area contributed by atoms with Crippen molar-refractivity contribution in [1.82, 2.24) is 9.66 Å². The number of aromatic nitrogens is 2. The lowest BCUT2D eigenvalue weighted by Crippen LogP contribution is -2.22. The molecular formula is C23H25BrN4O4. The molecule has 1 atom stereocenters. The number of benzene rings is 2. The Kier molecular flexibility index (Phi) is 7.74. The van der Waals surface area contributed by atoms with Crippen LogP contribution in [0.1, 0.15) is 51.4 Å². The zero-order valence-electron chi connectivity index (χ0n) is 18.2. The SMILES string of the molecule is CCCCc1nc2ccc(Br)cc2c(=O)n1N=Cc1cc([N+](=O)[O-])ccc1O[C@H](C)CC. The molecule has 3 aromatic rings. The fourth-order valence-electron chi connectivity index (χ4n) is 3.09. The second-order valence-corrected chi connectivity index (χ2v) is 8.39. The molecule has 3 rings (SSSR count). The van der Waals surface area contributed by atoms with Gasteiger partial charge in [-0.25, -0.2) is 4.98 Å². The number of aryl methyl sites for hydroxylation is 1.